The molecule has 1 heterocycles. The van der Waals surface area contributed by atoms with Crippen LogP contribution in [0.2, 0.25) is 0 Å². The molecule has 0 atom stereocenters. The summed E-state index contributed by atoms with van der Waals surface area (Å²) in [6.07, 6.45) is 3.78. The van der Waals surface area contributed by atoms with Gasteiger partial charge in [-0.3, -0.25) is 4.79 Å². The normalized spacial score (nSPS) is 10.2. The summed E-state index contributed by atoms with van der Waals surface area (Å²) in [5, 5.41) is 0. The molecule has 0 unspecified atom stereocenters. The zero-order chi connectivity index (χ0) is 13.1. The largest absolute Gasteiger partial charge is 0.314 e. The second-order valence-corrected chi connectivity index (χ2v) is 4.34. The average Bonchev–Trinajstić information content (AvgIpc) is 2.37. The SMILES string of the molecule is Cc1cc(C)cc(N(C)c2ncc(C=O)cn2)c1. The highest BCUT2D eigenvalue weighted by molar-refractivity contribution is 5.73. The number of aryl methyl sites for hydroxylation is 2. The molecule has 0 spiro atoms. The Kier molecular flexibility index (Phi) is 3.37. The van der Waals surface area contributed by atoms with Gasteiger partial charge in [0, 0.05) is 25.1 Å². The fraction of sp³-hybridized carbons (Fsp3) is 0.214. The summed E-state index contributed by atoms with van der Waals surface area (Å²) in [5.74, 6) is 0.575. The Bertz CT molecular complexity index is 544. The van der Waals surface area contributed by atoms with Crippen LogP contribution in [0.4, 0.5) is 11.6 Å². The maximum absolute atomic E-state index is 10.6. The van der Waals surface area contributed by atoms with Crippen LogP contribution in [-0.2, 0) is 0 Å². The summed E-state index contributed by atoms with van der Waals surface area (Å²) < 4.78 is 0. The first-order valence-electron chi connectivity index (χ1n) is 5.69. The molecular formula is C14H15N3O. The third-order valence-electron chi connectivity index (χ3n) is 2.69. The fourth-order valence-electron chi connectivity index (χ4n) is 1.83. The van der Waals surface area contributed by atoms with E-state index in [1.165, 1.54) is 23.5 Å². The average molecular weight is 241 g/mol. The van der Waals surface area contributed by atoms with E-state index in [-0.39, 0.29) is 0 Å². The van der Waals surface area contributed by atoms with Gasteiger partial charge in [-0.1, -0.05) is 6.07 Å². The Morgan fingerprint density at radius 2 is 1.61 bits per heavy atom. The Hall–Kier alpha value is -2.23. The zero-order valence-electron chi connectivity index (χ0n) is 10.7. The molecule has 18 heavy (non-hydrogen) atoms. The summed E-state index contributed by atoms with van der Waals surface area (Å²) in [5.41, 5.74) is 3.90. The molecule has 0 fully saturated rings. The van der Waals surface area contributed by atoms with E-state index in [9.17, 15) is 4.79 Å². The first-order valence-corrected chi connectivity index (χ1v) is 5.69. The molecule has 0 aliphatic heterocycles. The van der Waals surface area contributed by atoms with Crippen molar-refractivity contribution in [3.8, 4) is 0 Å². The lowest BCUT2D eigenvalue weighted by Gasteiger charge is -2.18. The maximum atomic E-state index is 10.6. The van der Waals surface area contributed by atoms with Crippen molar-refractivity contribution in [1.29, 1.82) is 0 Å². The maximum Gasteiger partial charge on any atom is 0.229 e. The van der Waals surface area contributed by atoms with Gasteiger partial charge in [0.2, 0.25) is 5.95 Å². The predicted octanol–water partition coefficient (Wildman–Crippen LogP) is 2.67. The van der Waals surface area contributed by atoms with Crippen LogP contribution in [0.1, 0.15) is 21.5 Å². The first kappa shape index (κ1) is 12.2. The number of aromatic nitrogens is 2. The smallest absolute Gasteiger partial charge is 0.229 e. The van der Waals surface area contributed by atoms with Crippen LogP contribution < -0.4 is 4.90 Å². The van der Waals surface area contributed by atoms with E-state index in [4.69, 9.17) is 0 Å². The number of carbonyl (C=O) groups is 1. The van der Waals surface area contributed by atoms with Crippen molar-refractivity contribution >= 4 is 17.9 Å². The number of aldehydes is 1. The molecule has 4 nitrogen and oxygen atoms in total. The Morgan fingerprint density at radius 3 is 2.11 bits per heavy atom. The van der Waals surface area contributed by atoms with E-state index in [0.29, 0.717) is 11.5 Å². The van der Waals surface area contributed by atoms with E-state index in [1.54, 1.807) is 0 Å². The lowest BCUT2D eigenvalue weighted by molar-refractivity contribution is 0.112. The van der Waals surface area contributed by atoms with Gasteiger partial charge in [-0.25, -0.2) is 9.97 Å². The van der Waals surface area contributed by atoms with Gasteiger partial charge >= 0.3 is 0 Å². The van der Waals surface area contributed by atoms with Gasteiger partial charge in [0.1, 0.15) is 0 Å². The van der Waals surface area contributed by atoms with E-state index < -0.39 is 0 Å². The molecule has 0 radical (unpaired) electrons. The Morgan fingerprint density at radius 1 is 1.06 bits per heavy atom. The van der Waals surface area contributed by atoms with E-state index in [0.717, 1.165) is 12.0 Å². The van der Waals surface area contributed by atoms with E-state index >= 15 is 0 Å². The number of anilines is 2. The lowest BCUT2D eigenvalue weighted by atomic mass is 10.1. The lowest BCUT2D eigenvalue weighted by Crippen LogP contribution is -2.13. The molecule has 2 rings (SSSR count). The number of carbonyl (C=O) groups excluding carboxylic acids is 1. The summed E-state index contributed by atoms with van der Waals surface area (Å²) >= 11 is 0. The van der Waals surface area contributed by atoms with Crippen LogP contribution in [0.5, 0.6) is 0 Å². The van der Waals surface area contributed by atoms with Crippen LogP contribution >= 0.6 is 0 Å². The molecule has 0 amide bonds. The van der Waals surface area contributed by atoms with Crippen LogP contribution in [0, 0.1) is 13.8 Å². The Balaban J connectivity index is 2.34. The topological polar surface area (TPSA) is 46.1 Å². The van der Waals surface area contributed by atoms with Crippen LogP contribution in [0.15, 0.2) is 30.6 Å². The minimum Gasteiger partial charge on any atom is -0.314 e. The quantitative estimate of drug-likeness (QED) is 0.775. The highest BCUT2D eigenvalue weighted by Gasteiger charge is 2.07. The standard InChI is InChI=1S/C14H15N3O/c1-10-4-11(2)6-13(5-10)17(3)14-15-7-12(9-18)8-16-14/h4-9H,1-3H3. The minimum absolute atomic E-state index is 0.479. The van der Waals surface area contributed by atoms with Gasteiger partial charge in [-0.2, -0.15) is 0 Å². The van der Waals surface area contributed by atoms with Crippen molar-refractivity contribution < 1.29 is 4.79 Å². The second-order valence-electron chi connectivity index (χ2n) is 4.34. The molecule has 0 bridgehead atoms. The van der Waals surface area contributed by atoms with Crippen molar-refractivity contribution in [3.63, 3.8) is 0 Å². The van der Waals surface area contributed by atoms with Crippen LogP contribution in [0.3, 0.4) is 0 Å². The van der Waals surface area contributed by atoms with Crippen molar-refractivity contribution in [2.24, 2.45) is 0 Å². The van der Waals surface area contributed by atoms with E-state index in [1.807, 2.05) is 11.9 Å². The van der Waals surface area contributed by atoms with Crippen molar-refractivity contribution in [2.75, 3.05) is 11.9 Å². The minimum atomic E-state index is 0.479. The van der Waals surface area contributed by atoms with Gasteiger partial charge < -0.3 is 4.90 Å². The zero-order valence-corrected chi connectivity index (χ0v) is 10.7. The van der Waals surface area contributed by atoms with Crippen molar-refractivity contribution in [3.05, 3.63) is 47.3 Å². The second kappa shape index (κ2) is 4.96. The molecule has 0 N–H and O–H groups in total. The summed E-state index contributed by atoms with van der Waals surface area (Å²) in [7, 11) is 1.91. The molecular weight excluding hydrogens is 226 g/mol. The van der Waals surface area contributed by atoms with Crippen LogP contribution in [-0.4, -0.2) is 23.3 Å². The third-order valence-corrected chi connectivity index (χ3v) is 2.69. The van der Waals surface area contributed by atoms with Crippen molar-refractivity contribution in [2.45, 2.75) is 13.8 Å². The number of rotatable bonds is 3. The molecule has 92 valence electrons. The highest BCUT2D eigenvalue weighted by Crippen LogP contribution is 2.22. The molecule has 4 heteroatoms. The van der Waals surface area contributed by atoms with Gasteiger partial charge in [0.15, 0.2) is 6.29 Å². The number of nitrogens with zero attached hydrogens (tertiary/aromatic N) is 3. The molecule has 2 aromatic rings. The number of hydrogen-bond acceptors (Lipinski definition) is 4. The monoisotopic (exact) mass is 241 g/mol. The first-order chi connectivity index (χ1) is 8.60. The molecule has 0 saturated carbocycles. The molecule has 0 saturated heterocycles. The van der Waals surface area contributed by atoms with Crippen LogP contribution in [0.25, 0.3) is 0 Å². The molecule has 0 aliphatic rings. The Labute approximate surface area is 106 Å². The highest BCUT2D eigenvalue weighted by atomic mass is 16.1. The summed E-state index contributed by atoms with van der Waals surface area (Å²) in [6, 6.07) is 6.27. The van der Waals surface area contributed by atoms with Gasteiger partial charge in [-0.05, 0) is 37.1 Å². The molecule has 0 aliphatic carbocycles. The van der Waals surface area contributed by atoms with E-state index in [2.05, 4.69) is 42.0 Å². The predicted molar refractivity (Wildman–Crippen MR) is 71.4 cm³/mol. The summed E-state index contributed by atoms with van der Waals surface area (Å²) in [4.78, 5) is 20.8. The number of benzene rings is 1. The van der Waals surface area contributed by atoms with Gasteiger partial charge in [0.05, 0.1) is 5.56 Å². The van der Waals surface area contributed by atoms with Gasteiger partial charge in [-0.15, -0.1) is 0 Å². The van der Waals surface area contributed by atoms with Gasteiger partial charge in [0.25, 0.3) is 0 Å². The number of hydrogen-bond donors (Lipinski definition) is 0. The van der Waals surface area contributed by atoms with Crippen molar-refractivity contribution in [1.82, 2.24) is 9.97 Å². The fourth-order valence-corrected chi connectivity index (χ4v) is 1.83. The molecule has 1 aromatic carbocycles. The summed E-state index contributed by atoms with van der Waals surface area (Å²) in [6.45, 7) is 4.11. The third kappa shape index (κ3) is 2.53. The molecule has 1 aromatic heterocycles.